The van der Waals surface area contributed by atoms with Crippen LogP contribution in [0.15, 0.2) is 0 Å². The van der Waals surface area contributed by atoms with E-state index < -0.39 is 5.60 Å². The Balaban J connectivity index is 1.32. The van der Waals surface area contributed by atoms with Crippen LogP contribution < -0.4 is 0 Å². The molecular weight excluding hydrogens is 386 g/mol. The number of rotatable bonds is 0. The molecule has 6 rings (SSSR count). The third-order valence-corrected chi connectivity index (χ3v) is 12.1. The minimum atomic E-state index is -0.579. The Labute approximate surface area is 188 Å². The van der Waals surface area contributed by atoms with Gasteiger partial charge in [0, 0.05) is 19.1 Å². The van der Waals surface area contributed by atoms with Gasteiger partial charge in [-0.05, 0) is 111 Å². The molecule has 0 bridgehead atoms. The molecule has 176 valence electrons. The smallest absolute Gasteiger partial charge is 0.0711 e. The van der Waals surface area contributed by atoms with E-state index in [1.165, 1.54) is 32.4 Å². The lowest BCUT2D eigenvalue weighted by molar-refractivity contribution is -0.176. The number of hydrogen-bond acceptors (Lipinski definition) is 4. The zero-order valence-electron chi connectivity index (χ0n) is 19.9. The van der Waals surface area contributed by atoms with E-state index in [1.54, 1.807) is 0 Å². The van der Waals surface area contributed by atoms with E-state index in [0.717, 1.165) is 62.3 Å². The van der Waals surface area contributed by atoms with Crippen LogP contribution >= 0.6 is 0 Å². The Bertz CT molecular complexity index is 713. The maximum Gasteiger partial charge on any atom is 0.0711 e. The maximum absolute atomic E-state index is 12.3. The Morgan fingerprint density at radius 3 is 2.39 bits per heavy atom. The molecule has 2 heterocycles. The van der Waals surface area contributed by atoms with Crippen LogP contribution in [0.3, 0.4) is 0 Å². The van der Waals surface area contributed by atoms with Gasteiger partial charge in [0.15, 0.2) is 0 Å². The van der Waals surface area contributed by atoms with Crippen molar-refractivity contribution < 1.29 is 15.3 Å². The largest absolute Gasteiger partial charge is 0.393 e. The molecule has 0 unspecified atom stereocenters. The molecule has 0 radical (unpaired) electrons. The van der Waals surface area contributed by atoms with Gasteiger partial charge in [-0.25, -0.2) is 0 Å². The predicted octanol–water partition coefficient (Wildman–Crippen LogP) is 3.68. The Morgan fingerprint density at radius 1 is 0.774 bits per heavy atom. The standard InChI is InChI=1S/C27H45NO3/c1-15-4-5-24-16(2)18-7-9-27(31)20(19(18)14-28(24)13-15)11-21-22(27)12-25(30)23-10-17(29)6-8-26(21,23)3/h15-25,29-31H,4-14H2,1-3H3/t15-,16-,17-,18-,19-,20+,21+,22-,23-,24+,25-,26-,27+/m1/s1. The Kier molecular flexibility index (Phi) is 4.94. The molecule has 0 spiro atoms. The molecule has 4 aliphatic carbocycles. The second-order valence-electron chi connectivity index (χ2n) is 13.3. The Hall–Kier alpha value is -0.160. The molecule has 6 fully saturated rings. The number of piperidine rings is 2. The first kappa shape index (κ1) is 21.4. The van der Waals surface area contributed by atoms with Gasteiger partial charge < -0.3 is 15.3 Å². The lowest BCUT2D eigenvalue weighted by Crippen LogP contribution is -2.62. The summed E-state index contributed by atoms with van der Waals surface area (Å²) in [5, 5.41) is 33.8. The molecule has 2 aliphatic heterocycles. The second kappa shape index (κ2) is 7.17. The van der Waals surface area contributed by atoms with Gasteiger partial charge in [0.25, 0.3) is 0 Å². The van der Waals surface area contributed by atoms with Gasteiger partial charge >= 0.3 is 0 Å². The molecule has 4 heteroatoms. The summed E-state index contributed by atoms with van der Waals surface area (Å²) < 4.78 is 0. The average molecular weight is 432 g/mol. The van der Waals surface area contributed by atoms with Crippen molar-refractivity contribution in [3.05, 3.63) is 0 Å². The summed E-state index contributed by atoms with van der Waals surface area (Å²) in [6, 6.07) is 0.760. The van der Waals surface area contributed by atoms with Crippen LogP contribution in [0.1, 0.15) is 78.6 Å². The lowest BCUT2D eigenvalue weighted by Gasteiger charge is -2.59. The van der Waals surface area contributed by atoms with Gasteiger partial charge in [-0.15, -0.1) is 0 Å². The van der Waals surface area contributed by atoms with Gasteiger partial charge in [0.05, 0.1) is 17.8 Å². The van der Waals surface area contributed by atoms with Crippen LogP contribution in [0.4, 0.5) is 0 Å². The SMILES string of the molecule is C[C@@H]1CC[C@H]2[C@H](C)[C@H]3CC[C@@]4(O)[C@@H]5C[C@@H](O)[C@H]6C[C@H](O)CC[C@]6(C)[C@H]5C[C@H]4[C@@H]3CN2C1. The molecule has 0 amide bonds. The van der Waals surface area contributed by atoms with Gasteiger partial charge in [-0.1, -0.05) is 20.8 Å². The minimum Gasteiger partial charge on any atom is -0.393 e. The third-order valence-electron chi connectivity index (χ3n) is 12.1. The molecular formula is C27H45NO3. The Morgan fingerprint density at radius 2 is 1.58 bits per heavy atom. The number of aliphatic hydroxyl groups excluding tert-OH is 2. The van der Waals surface area contributed by atoms with Crippen LogP contribution in [0.2, 0.25) is 0 Å². The number of fused-ring (bicyclic) bond motifs is 8. The zero-order chi connectivity index (χ0) is 21.7. The summed E-state index contributed by atoms with van der Waals surface area (Å²) in [4.78, 5) is 2.81. The first-order chi connectivity index (χ1) is 14.7. The number of nitrogens with zero attached hydrogens (tertiary/aromatic N) is 1. The van der Waals surface area contributed by atoms with Crippen molar-refractivity contribution in [2.24, 2.45) is 52.8 Å². The highest BCUT2D eigenvalue weighted by molar-refractivity contribution is 5.17. The van der Waals surface area contributed by atoms with Gasteiger partial charge in [-0.3, -0.25) is 4.90 Å². The first-order valence-corrected chi connectivity index (χ1v) is 13.5. The predicted molar refractivity (Wildman–Crippen MR) is 121 cm³/mol. The molecule has 0 aromatic rings. The minimum absolute atomic E-state index is 0.0760. The van der Waals surface area contributed by atoms with E-state index in [9.17, 15) is 15.3 Å². The number of aliphatic hydroxyl groups is 3. The molecule has 4 nitrogen and oxygen atoms in total. The van der Waals surface area contributed by atoms with Crippen LogP contribution in [0.5, 0.6) is 0 Å². The van der Waals surface area contributed by atoms with E-state index in [2.05, 4.69) is 25.7 Å². The molecule has 13 atom stereocenters. The average Bonchev–Trinajstić information content (AvgIpc) is 3.03. The summed E-state index contributed by atoms with van der Waals surface area (Å²) in [6.07, 6.45) is 8.78. The molecule has 4 saturated carbocycles. The lowest BCUT2D eigenvalue weighted by atomic mass is 9.50. The number of hydrogen-bond donors (Lipinski definition) is 3. The fourth-order valence-electron chi connectivity index (χ4n) is 10.6. The molecule has 2 saturated heterocycles. The highest BCUT2D eigenvalue weighted by Gasteiger charge is 2.67. The monoisotopic (exact) mass is 431 g/mol. The van der Waals surface area contributed by atoms with Gasteiger partial charge in [0.1, 0.15) is 0 Å². The van der Waals surface area contributed by atoms with E-state index in [1.807, 2.05) is 0 Å². The summed E-state index contributed by atoms with van der Waals surface area (Å²) in [5.74, 6) is 4.30. The fraction of sp³-hybridized carbons (Fsp3) is 1.00. The fourth-order valence-corrected chi connectivity index (χ4v) is 10.6. The summed E-state index contributed by atoms with van der Waals surface area (Å²) in [5.41, 5.74) is -0.503. The molecule has 0 aromatic heterocycles. The van der Waals surface area contributed by atoms with Crippen molar-refractivity contribution in [2.75, 3.05) is 13.1 Å². The van der Waals surface area contributed by atoms with Crippen LogP contribution in [0.25, 0.3) is 0 Å². The normalized spacial score (nSPS) is 61.5. The third kappa shape index (κ3) is 2.93. The van der Waals surface area contributed by atoms with Crippen molar-refractivity contribution in [2.45, 2.75) is 102 Å². The summed E-state index contributed by atoms with van der Waals surface area (Å²) >= 11 is 0. The summed E-state index contributed by atoms with van der Waals surface area (Å²) in [6.45, 7) is 9.76. The van der Waals surface area contributed by atoms with Gasteiger partial charge in [0.2, 0.25) is 0 Å². The van der Waals surface area contributed by atoms with Crippen molar-refractivity contribution in [1.29, 1.82) is 0 Å². The second-order valence-corrected chi connectivity index (χ2v) is 13.3. The van der Waals surface area contributed by atoms with Crippen molar-refractivity contribution >= 4 is 0 Å². The van der Waals surface area contributed by atoms with E-state index in [-0.39, 0.29) is 29.5 Å². The van der Waals surface area contributed by atoms with Crippen LogP contribution in [0, 0.1) is 52.8 Å². The van der Waals surface area contributed by atoms with E-state index in [4.69, 9.17) is 0 Å². The summed E-state index contributed by atoms with van der Waals surface area (Å²) in [7, 11) is 0. The maximum atomic E-state index is 12.3. The highest BCUT2D eigenvalue weighted by Crippen LogP contribution is 2.68. The van der Waals surface area contributed by atoms with Crippen LogP contribution in [-0.2, 0) is 0 Å². The topological polar surface area (TPSA) is 63.9 Å². The quantitative estimate of drug-likeness (QED) is 0.547. The highest BCUT2D eigenvalue weighted by atomic mass is 16.3. The van der Waals surface area contributed by atoms with Gasteiger partial charge in [-0.2, -0.15) is 0 Å². The van der Waals surface area contributed by atoms with Crippen molar-refractivity contribution in [3.63, 3.8) is 0 Å². The van der Waals surface area contributed by atoms with Crippen LogP contribution in [-0.4, -0.2) is 57.2 Å². The first-order valence-electron chi connectivity index (χ1n) is 13.5. The van der Waals surface area contributed by atoms with E-state index >= 15 is 0 Å². The van der Waals surface area contributed by atoms with Crippen molar-refractivity contribution in [1.82, 2.24) is 4.90 Å². The van der Waals surface area contributed by atoms with Crippen molar-refractivity contribution in [3.8, 4) is 0 Å². The molecule has 3 N–H and O–H groups in total. The van der Waals surface area contributed by atoms with E-state index in [0.29, 0.717) is 17.8 Å². The molecule has 6 aliphatic rings. The molecule has 31 heavy (non-hydrogen) atoms. The molecule has 0 aromatic carbocycles. The zero-order valence-corrected chi connectivity index (χ0v) is 19.9.